The van der Waals surface area contributed by atoms with Gasteiger partial charge in [-0.15, -0.1) is 0 Å². The molecule has 2 unspecified atom stereocenters. The Morgan fingerprint density at radius 1 is 0.569 bits per heavy atom. The summed E-state index contributed by atoms with van der Waals surface area (Å²) in [5.74, 6) is -4.01. The van der Waals surface area contributed by atoms with Gasteiger partial charge in [-0.3, -0.25) is 19.2 Å². The van der Waals surface area contributed by atoms with Gasteiger partial charge in [-0.25, -0.2) is 0 Å². The number of amides is 2. The number of hydrogen-bond donors (Lipinski definition) is 2. The van der Waals surface area contributed by atoms with Gasteiger partial charge in [0.1, 0.15) is 0 Å². The first-order chi connectivity index (χ1) is 24.1. The predicted molar refractivity (Wildman–Crippen MR) is 197 cm³/mol. The third-order valence-electron chi connectivity index (χ3n) is 8.24. The van der Waals surface area contributed by atoms with Gasteiger partial charge in [0.05, 0.1) is 23.0 Å². The zero-order chi connectivity index (χ0) is 36.2. The monoisotopic (exact) mass is 801 g/mol. The van der Waals surface area contributed by atoms with Crippen LogP contribution in [0.3, 0.4) is 0 Å². The Morgan fingerprint density at radius 3 is 1.22 bits per heavy atom. The van der Waals surface area contributed by atoms with E-state index < -0.39 is 35.2 Å². The van der Waals surface area contributed by atoms with Crippen LogP contribution in [0.1, 0.15) is 34.1 Å². The van der Waals surface area contributed by atoms with Crippen molar-refractivity contribution < 1.29 is 51.3 Å². The number of nitrogens with one attached hydrogen (secondary N) is 2. The number of likely N-dealkylation sites (N-methyl/N-ethyl adjacent to an activating group) is 2. The molecule has 0 saturated heterocycles. The summed E-state index contributed by atoms with van der Waals surface area (Å²) in [4.78, 5) is 59.4. The summed E-state index contributed by atoms with van der Waals surface area (Å²) in [6, 6.07) is 32.3. The second kappa shape index (κ2) is 20.1. The van der Waals surface area contributed by atoms with E-state index in [2.05, 4.69) is 73.8 Å². The van der Waals surface area contributed by atoms with Crippen LogP contribution in [0.25, 0.3) is 12.2 Å². The Labute approximate surface area is 322 Å². The number of carbonyl (C=O) groups excluding carboxylic acids is 4. The fourth-order valence-corrected chi connectivity index (χ4v) is 5.78. The topological polar surface area (TPSA) is 98.8 Å². The number of ketones is 2. The van der Waals surface area contributed by atoms with Gasteiger partial charge in [-0.05, 0) is 86.9 Å². The number of nitrogens with zero attached hydrogens (tertiary/aromatic N) is 2. The molecular formula is C40H40ClCu2N4O4+. The van der Waals surface area contributed by atoms with E-state index in [0.717, 1.165) is 13.1 Å². The Bertz CT molecular complexity index is 1740. The van der Waals surface area contributed by atoms with E-state index in [-0.39, 0.29) is 28.2 Å². The van der Waals surface area contributed by atoms with Crippen molar-refractivity contribution >= 4 is 57.0 Å². The van der Waals surface area contributed by atoms with Gasteiger partial charge >= 0.3 is 42.3 Å². The quantitative estimate of drug-likeness (QED) is 0.155. The molecule has 0 aliphatic heterocycles. The van der Waals surface area contributed by atoms with Gasteiger partial charge in [-0.2, -0.15) is 0 Å². The van der Waals surface area contributed by atoms with Crippen molar-refractivity contribution in [2.24, 2.45) is 0 Å². The van der Waals surface area contributed by atoms with Crippen LogP contribution in [-0.2, 0) is 51.3 Å². The number of fused-ring (bicyclic) bond motifs is 2. The van der Waals surface area contributed by atoms with Gasteiger partial charge in [0.15, 0.2) is 11.6 Å². The van der Waals surface area contributed by atoms with E-state index in [1.165, 1.54) is 0 Å². The van der Waals surface area contributed by atoms with Crippen LogP contribution in [0.4, 0.5) is 11.4 Å². The van der Waals surface area contributed by atoms with Crippen LogP contribution in [0, 0.1) is 0 Å². The molecule has 11 heteroatoms. The number of para-hydroxylation sites is 2. The van der Waals surface area contributed by atoms with Gasteiger partial charge in [0, 0.05) is 24.5 Å². The van der Waals surface area contributed by atoms with Crippen LogP contribution < -0.4 is 10.6 Å². The average Bonchev–Trinajstić information content (AvgIpc) is 3.12. The first-order valence-corrected chi connectivity index (χ1v) is 17.3. The molecular weight excluding hydrogens is 763 g/mol. The van der Waals surface area contributed by atoms with E-state index in [9.17, 15) is 19.2 Å². The zero-order valence-electron chi connectivity index (χ0n) is 28.6. The maximum Gasteiger partial charge on any atom is 1.00 e. The summed E-state index contributed by atoms with van der Waals surface area (Å²) in [6.07, 6.45) is 3.15. The molecule has 6 rings (SSSR count). The molecule has 272 valence electrons. The summed E-state index contributed by atoms with van der Waals surface area (Å²) < 4.78 is 0. The second-order valence-corrected chi connectivity index (χ2v) is 12.3. The average molecular weight is 803 g/mol. The number of halogens is 1. The SMILES string of the molecule is CN(C)CCN(C)C.O=C(Nc1ccccc1)C1=Cc2ccccc2C(C2C(=O)C(C(=O)Nc3ccccc3)=Cc3ccccc32)C1=O.[Cl][Cu].[Cu+]. The third-order valence-corrected chi connectivity index (χ3v) is 8.24. The standard InChI is InChI=1S/C34H24N2O4.C6H16N2.ClH.2Cu/c37-31-27(33(39)35-23-13-3-1-4-14-23)19-21-11-7-9-17-25(21)29(31)30-26-18-10-8-12-22(26)20-28(32(30)38)34(40)36-24-15-5-2-6-16-24;1-7(2)5-6-8(3)4;;;/h1-20,29-30H,(H,35,39)(H,36,40);5-6H2,1-4H3;1H;;/q;;;2*+1/p-1. The van der Waals surface area contributed by atoms with Crippen molar-refractivity contribution in [1.29, 1.82) is 0 Å². The maximum absolute atomic E-state index is 14.1. The van der Waals surface area contributed by atoms with Crippen molar-refractivity contribution in [3.63, 3.8) is 0 Å². The van der Waals surface area contributed by atoms with Crippen molar-refractivity contribution in [2.45, 2.75) is 11.8 Å². The van der Waals surface area contributed by atoms with E-state index in [0.29, 0.717) is 33.6 Å². The Hall–Kier alpha value is -4.11. The first-order valence-electron chi connectivity index (χ1n) is 16.0. The summed E-state index contributed by atoms with van der Waals surface area (Å²) in [6.45, 7) is 2.29. The molecule has 0 saturated carbocycles. The van der Waals surface area contributed by atoms with Crippen LogP contribution >= 0.6 is 10.1 Å². The van der Waals surface area contributed by atoms with Gasteiger partial charge in [-0.1, -0.05) is 84.9 Å². The summed E-state index contributed by atoms with van der Waals surface area (Å²) >= 11 is 3.66. The predicted octanol–water partition coefficient (Wildman–Crippen LogP) is 6.56. The second-order valence-electron chi connectivity index (χ2n) is 12.3. The molecule has 4 aromatic rings. The fourth-order valence-electron chi connectivity index (χ4n) is 5.78. The molecule has 2 aliphatic rings. The van der Waals surface area contributed by atoms with Gasteiger partial charge in [0.25, 0.3) is 11.8 Å². The number of benzene rings is 4. The summed E-state index contributed by atoms with van der Waals surface area (Å²) in [5.41, 5.74) is 3.67. The number of hydrogen-bond acceptors (Lipinski definition) is 6. The van der Waals surface area contributed by atoms with Crippen molar-refractivity contribution in [2.75, 3.05) is 51.9 Å². The largest absolute Gasteiger partial charge is 1.00 e. The molecule has 0 spiro atoms. The third kappa shape index (κ3) is 10.7. The van der Waals surface area contributed by atoms with Crippen LogP contribution in [0.2, 0.25) is 0 Å². The first kappa shape index (κ1) is 41.3. The van der Waals surface area contributed by atoms with Crippen molar-refractivity contribution in [1.82, 2.24) is 9.80 Å². The van der Waals surface area contributed by atoms with Crippen LogP contribution in [-0.4, -0.2) is 74.5 Å². The zero-order valence-corrected chi connectivity index (χ0v) is 31.3. The minimum absolute atomic E-state index is 0. The molecule has 0 aromatic heterocycles. The van der Waals surface area contributed by atoms with E-state index in [1.807, 2.05) is 36.4 Å². The normalized spacial score (nSPS) is 15.7. The Kier molecular flexibility index (Phi) is 16.3. The molecule has 8 nitrogen and oxygen atoms in total. The van der Waals surface area contributed by atoms with Crippen molar-refractivity contribution in [3.8, 4) is 0 Å². The maximum atomic E-state index is 14.1. The molecule has 4 aromatic carbocycles. The number of carbonyl (C=O) groups is 4. The molecule has 51 heavy (non-hydrogen) atoms. The Morgan fingerprint density at radius 2 is 0.882 bits per heavy atom. The van der Waals surface area contributed by atoms with E-state index in [1.54, 1.807) is 84.9 Å². The molecule has 2 amide bonds. The smallest absolute Gasteiger partial charge is 1.00 e. The van der Waals surface area contributed by atoms with Crippen molar-refractivity contribution in [3.05, 3.63) is 143 Å². The van der Waals surface area contributed by atoms with Crippen LogP contribution in [0.15, 0.2) is 120 Å². The molecule has 0 radical (unpaired) electrons. The minimum Gasteiger partial charge on any atom is 1.00 e. The molecule has 2 atom stereocenters. The number of anilines is 2. The fraction of sp³-hybridized carbons (Fsp3) is 0.200. The van der Waals surface area contributed by atoms with Crippen LogP contribution in [0.5, 0.6) is 0 Å². The van der Waals surface area contributed by atoms with Gasteiger partial charge < -0.3 is 20.4 Å². The molecule has 2 N–H and O–H groups in total. The Balaban J connectivity index is 0.000000566. The summed E-state index contributed by atoms with van der Waals surface area (Å²) in [7, 11) is 12.5. The minimum atomic E-state index is -0.986. The summed E-state index contributed by atoms with van der Waals surface area (Å²) in [5, 5.41) is 5.59. The number of rotatable bonds is 8. The molecule has 2 aliphatic carbocycles. The molecule has 0 bridgehead atoms. The molecule has 0 fully saturated rings. The van der Waals surface area contributed by atoms with E-state index >= 15 is 0 Å². The number of Topliss-reactive ketones (excluding diaryl/α,β-unsaturated/α-hetero) is 2. The van der Waals surface area contributed by atoms with E-state index in [4.69, 9.17) is 0 Å². The van der Waals surface area contributed by atoms with Gasteiger partial charge in [0.2, 0.25) is 0 Å². The molecule has 0 heterocycles.